The van der Waals surface area contributed by atoms with Crippen molar-refractivity contribution in [1.29, 1.82) is 0 Å². The first-order valence-corrected chi connectivity index (χ1v) is 7.14. The fraction of sp³-hybridized carbons (Fsp3) is 0.571. The van der Waals surface area contributed by atoms with E-state index in [9.17, 15) is 4.39 Å². The average molecular weight is 302 g/mol. The minimum Gasteiger partial charge on any atom is -0.302 e. The number of benzene rings is 1. The van der Waals surface area contributed by atoms with Crippen LogP contribution in [-0.2, 0) is 6.54 Å². The first kappa shape index (κ1) is 14.7. The van der Waals surface area contributed by atoms with E-state index in [1.165, 1.54) is 12.1 Å². The molecule has 0 aromatic heterocycles. The Balaban J connectivity index is 2.48. The third-order valence-electron chi connectivity index (χ3n) is 3.05. The molecule has 0 N–H and O–H groups in total. The number of hydrogen-bond donors (Lipinski definition) is 0. The predicted molar refractivity (Wildman–Crippen MR) is 74.9 cm³/mol. The lowest BCUT2D eigenvalue weighted by molar-refractivity contribution is 0.247. The second kappa shape index (κ2) is 7.12. The number of alkyl halides is 1. The molecule has 1 unspecified atom stereocenters. The van der Waals surface area contributed by atoms with Gasteiger partial charge in [-0.1, -0.05) is 41.9 Å². The third kappa shape index (κ3) is 5.17. The molecule has 1 aromatic carbocycles. The molecule has 1 atom stereocenters. The van der Waals surface area contributed by atoms with Crippen LogP contribution in [0.25, 0.3) is 0 Å². The maximum absolute atomic E-state index is 12.8. The molecule has 1 nitrogen and oxygen atoms in total. The first-order valence-electron chi connectivity index (χ1n) is 6.02. The predicted octanol–water partition coefficient (Wildman–Crippen LogP) is 3.92. The quantitative estimate of drug-likeness (QED) is 0.720. The largest absolute Gasteiger partial charge is 0.302 e. The normalized spacial score (nSPS) is 13.4. The van der Waals surface area contributed by atoms with Gasteiger partial charge in [0.05, 0.1) is 0 Å². The van der Waals surface area contributed by atoms with Gasteiger partial charge in [-0.2, -0.15) is 0 Å². The third-order valence-corrected chi connectivity index (χ3v) is 3.88. The van der Waals surface area contributed by atoms with E-state index in [4.69, 9.17) is 0 Å². The van der Waals surface area contributed by atoms with Crippen LogP contribution < -0.4 is 0 Å². The lowest BCUT2D eigenvalue weighted by Crippen LogP contribution is -2.29. The molecule has 0 spiro atoms. The van der Waals surface area contributed by atoms with Gasteiger partial charge in [0.1, 0.15) is 5.82 Å². The molecule has 0 aliphatic carbocycles. The SMILES string of the molecule is CC(C)C(CBr)CN(C)Cc1ccc(F)cc1. The highest BCUT2D eigenvalue weighted by molar-refractivity contribution is 9.09. The Bertz CT molecular complexity index is 323. The molecule has 0 bridgehead atoms. The zero-order chi connectivity index (χ0) is 12.8. The lowest BCUT2D eigenvalue weighted by Gasteiger charge is -2.25. The molecular weight excluding hydrogens is 281 g/mol. The molecular formula is C14H21BrFN. The van der Waals surface area contributed by atoms with Gasteiger partial charge in [0.2, 0.25) is 0 Å². The van der Waals surface area contributed by atoms with Crippen LogP contribution in [0.1, 0.15) is 19.4 Å². The molecule has 0 aliphatic heterocycles. The molecule has 0 amide bonds. The summed E-state index contributed by atoms with van der Waals surface area (Å²) in [6.45, 7) is 6.42. The summed E-state index contributed by atoms with van der Waals surface area (Å²) >= 11 is 3.56. The molecule has 17 heavy (non-hydrogen) atoms. The van der Waals surface area contributed by atoms with Crippen molar-refractivity contribution in [2.45, 2.75) is 20.4 Å². The minimum atomic E-state index is -0.170. The summed E-state index contributed by atoms with van der Waals surface area (Å²) in [7, 11) is 2.11. The van der Waals surface area contributed by atoms with Gasteiger partial charge < -0.3 is 4.90 Å². The Kier molecular flexibility index (Phi) is 6.14. The summed E-state index contributed by atoms with van der Waals surface area (Å²) in [5.41, 5.74) is 1.16. The topological polar surface area (TPSA) is 3.24 Å². The van der Waals surface area contributed by atoms with Crippen LogP contribution in [0.15, 0.2) is 24.3 Å². The highest BCUT2D eigenvalue weighted by atomic mass is 79.9. The van der Waals surface area contributed by atoms with Gasteiger partial charge >= 0.3 is 0 Å². The first-order chi connectivity index (χ1) is 8.02. The second-order valence-corrected chi connectivity index (χ2v) is 5.63. The molecule has 3 heteroatoms. The van der Waals surface area contributed by atoms with Gasteiger partial charge in [-0.3, -0.25) is 0 Å². The highest BCUT2D eigenvalue weighted by Crippen LogP contribution is 2.16. The number of nitrogens with zero attached hydrogens (tertiary/aromatic N) is 1. The Morgan fingerprint density at radius 3 is 2.29 bits per heavy atom. The van der Waals surface area contributed by atoms with Gasteiger partial charge in [-0.05, 0) is 36.6 Å². The second-order valence-electron chi connectivity index (χ2n) is 4.98. The van der Waals surface area contributed by atoms with Crippen molar-refractivity contribution in [3.63, 3.8) is 0 Å². The summed E-state index contributed by atoms with van der Waals surface area (Å²) in [5, 5.41) is 1.03. The Labute approximate surface area is 112 Å². The molecule has 0 radical (unpaired) electrons. The molecule has 96 valence electrons. The molecule has 0 aliphatic rings. The summed E-state index contributed by atoms with van der Waals surface area (Å²) in [4.78, 5) is 2.29. The standard InChI is InChI=1S/C14H21BrFN/c1-11(2)13(8-15)10-17(3)9-12-4-6-14(16)7-5-12/h4-7,11,13H,8-10H2,1-3H3. The summed E-state index contributed by atoms with van der Waals surface area (Å²) in [6, 6.07) is 6.75. The van der Waals surface area contributed by atoms with Crippen molar-refractivity contribution in [2.75, 3.05) is 18.9 Å². The Hall–Kier alpha value is -0.410. The zero-order valence-corrected chi connectivity index (χ0v) is 12.4. The van der Waals surface area contributed by atoms with Gasteiger partial charge in [-0.25, -0.2) is 4.39 Å². The van der Waals surface area contributed by atoms with Crippen LogP contribution in [-0.4, -0.2) is 23.8 Å². The molecule has 0 saturated carbocycles. The highest BCUT2D eigenvalue weighted by Gasteiger charge is 2.14. The van der Waals surface area contributed by atoms with E-state index in [-0.39, 0.29) is 5.82 Å². The number of halogens is 2. The molecule has 1 aromatic rings. The molecule has 0 heterocycles. The minimum absolute atomic E-state index is 0.170. The van der Waals surface area contributed by atoms with Crippen molar-refractivity contribution in [3.8, 4) is 0 Å². The van der Waals surface area contributed by atoms with Crippen LogP contribution in [0.4, 0.5) is 4.39 Å². The molecule has 1 rings (SSSR count). The zero-order valence-electron chi connectivity index (χ0n) is 10.8. The monoisotopic (exact) mass is 301 g/mol. The van der Waals surface area contributed by atoms with E-state index >= 15 is 0 Å². The Morgan fingerprint density at radius 1 is 1.24 bits per heavy atom. The van der Waals surface area contributed by atoms with Crippen LogP contribution in [0, 0.1) is 17.7 Å². The summed E-state index contributed by atoms with van der Waals surface area (Å²) < 4.78 is 12.8. The van der Waals surface area contributed by atoms with E-state index < -0.39 is 0 Å². The van der Waals surface area contributed by atoms with Crippen LogP contribution in [0.5, 0.6) is 0 Å². The van der Waals surface area contributed by atoms with Crippen molar-refractivity contribution in [3.05, 3.63) is 35.6 Å². The fourth-order valence-corrected chi connectivity index (χ4v) is 2.76. The fourth-order valence-electron chi connectivity index (χ4n) is 1.80. The van der Waals surface area contributed by atoms with Crippen molar-refractivity contribution in [2.24, 2.45) is 11.8 Å². The van der Waals surface area contributed by atoms with E-state index in [0.717, 1.165) is 24.0 Å². The van der Waals surface area contributed by atoms with Gasteiger partial charge in [-0.15, -0.1) is 0 Å². The lowest BCUT2D eigenvalue weighted by atomic mass is 9.97. The van der Waals surface area contributed by atoms with Crippen LogP contribution >= 0.6 is 15.9 Å². The van der Waals surface area contributed by atoms with Crippen molar-refractivity contribution in [1.82, 2.24) is 4.90 Å². The van der Waals surface area contributed by atoms with Gasteiger partial charge in [0.15, 0.2) is 0 Å². The number of hydrogen-bond acceptors (Lipinski definition) is 1. The van der Waals surface area contributed by atoms with E-state index in [1.54, 1.807) is 0 Å². The van der Waals surface area contributed by atoms with Crippen molar-refractivity contribution >= 4 is 15.9 Å². The maximum atomic E-state index is 12.8. The van der Waals surface area contributed by atoms with Crippen LogP contribution in [0.3, 0.4) is 0 Å². The summed E-state index contributed by atoms with van der Waals surface area (Å²) in [6.07, 6.45) is 0. The van der Waals surface area contributed by atoms with Gasteiger partial charge in [0.25, 0.3) is 0 Å². The van der Waals surface area contributed by atoms with Crippen LogP contribution in [0.2, 0.25) is 0 Å². The number of rotatable bonds is 6. The maximum Gasteiger partial charge on any atom is 0.123 e. The molecule has 0 fully saturated rings. The van der Waals surface area contributed by atoms with E-state index in [1.807, 2.05) is 12.1 Å². The van der Waals surface area contributed by atoms with E-state index in [2.05, 4.69) is 41.7 Å². The van der Waals surface area contributed by atoms with E-state index in [0.29, 0.717) is 11.8 Å². The van der Waals surface area contributed by atoms with Gasteiger partial charge in [0, 0.05) is 18.4 Å². The molecule has 0 saturated heterocycles. The Morgan fingerprint density at radius 2 is 1.82 bits per heavy atom. The summed E-state index contributed by atoms with van der Waals surface area (Å²) in [5.74, 6) is 1.16. The van der Waals surface area contributed by atoms with Crippen molar-refractivity contribution < 1.29 is 4.39 Å². The average Bonchev–Trinajstić information content (AvgIpc) is 2.28. The smallest absolute Gasteiger partial charge is 0.123 e.